The smallest absolute Gasteiger partial charge is 0.251 e. The Hall–Kier alpha value is -2.08. The van der Waals surface area contributed by atoms with Crippen LogP contribution in [0.4, 0.5) is 0 Å². The van der Waals surface area contributed by atoms with Crippen LogP contribution < -0.4 is 5.32 Å². The van der Waals surface area contributed by atoms with Crippen LogP contribution in [-0.2, 0) is 6.42 Å². The van der Waals surface area contributed by atoms with Gasteiger partial charge in [0.15, 0.2) is 0 Å². The number of carbonyl (C=O) groups excluding carboxylic acids is 1. The van der Waals surface area contributed by atoms with Gasteiger partial charge in [-0.25, -0.2) is 0 Å². The van der Waals surface area contributed by atoms with Crippen LogP contribution >= 0.6 is 23.2 Å². The molecule has 136 valence electrons. The van der Waals surface area contributed by atoms with Gasteiger partial charge in [0, 0.05) is 23.5 Å². The molecule has 0 saturated heterocycles. The minimum absolute atomic E-state index is 0.158. The fourth-order valence-electron chi connectivity index (χ4n) is 2.78. The summed E-state index contributed by atoms with van der Waals surface area (Å²) < 4.78 is 0. The molecule has 3 rings (SSSR count). The monoisotopic (exact) mass is 390 g/mol. The predicted octanol–water partition coefficient (Wildman–Crippen LogP) is 3.77. The summed E-state index contributed by atoms with van der Waals surface area (Å²) in [6.07, 6.45) is 2.63. The van der Waals surface area contributed by atoms with E-state index in [1.54, 1.807) is 18.2 Å². The Labute approximate surface area is 162 Å². The molecule has 1 heterocycles. The van der Waals surface area contributed by atoms with Crippen LogP contribution in [-0.4, -0.2) is 47.7 Å². The van der Waals surface area contributed by atoms with Crippen molar-refractivity contribution in [2.75, 3.05) is 20.6 Å². The molecule has 1 atom stereocenters. The van der Waals surface area contributed by atoms with Gasteiger partial charge >= 0.3 is 0 Å². The summed E-state index contributed by atoms with van der Waals surface area (Å²) in [5.41, 5.74) is 2.71. The molecule has 26 heavy (non-hydrogen) atoms. The molecule has 0 saturated carbocycles. The second kappa shape index (κ2) is 8.08. The van der Waals surface area contributed by atoms with E-state index in [0.29, 0.717) is 22.2 Å². The van der Waals surface area contributed by atoms with Crippen molar-refractivity contribution in [3.8, 4) is 0 Å². The van der Waals surface area contributed by atoms with Gasteiger partial charge < -0.3 is 10.2 Å². The highest BCUT2D eigenvalue weighted by Gasteiger charge is 2.15. The van der Waals surface area contributed by atoms with Gasteiger partial charge in [0.2, 0.25) is 0 Å². The minimum atomic E-state index is -0.166. The maximum atomic E-state index is 12.4. The first kappa shape index (κ1) is 18.7. The number of H-pyrrole nitrogens is 1. The first-order valence-electron chi connectivity index (χ1n) is 8.25. The van der Waals surface area contributed by atoms with Crippen molar-refractivity contribution in [1.29, 1.82) is 0 Å². The zero-order valence-electron chi connectivity index (χ0n) is 14.6. The highest BCUT2D eigenvalue weighted by Crippen LogP contribution is 2.22. The van der Waals surface area contributed by atoms with E-state index in [4.69, 9.17) is 23.2 Å². The number of halogens is 2. The first-order valence-corrected chi connectivity index (χ1v) is 9.01. The standard InChI is InChI=1S/C19H20Cl2N4O/c1-25(2)15(8-12-3-6-18-14(7-12)10-23-24-18)11-22-19(26)13-4-5-16(20)17(21)9-13/h3-7,9-10,15H,8,11H2,1-2H3,(H,22,26)(H,23,24). The quantitative estimate of drug-likeness (QED) is 0.673. The van der Waals surface area contributed by atoms with Crippen molar-refractivity contribution in [1.82, 2.24) is 20.4 Å². The first-order chi connectivity index (χ1) is 12.4. The van der Waals surface area contributed by atoms with Crippen LogP contribution in [0, 0.1) is 0 Å². The van der Waals surface area contributed by atoms with E-state index in [2.05, 4.69) is 32.5 Å². The summed E-state index contributed by atoms with van der Waals surface area (Å²) in [7, 11) is 4.01. The Kier molecular flexibility index (Phi) is 5.81. The molecule has 1 amide bonds. The van der Waals surface area contributed by atoms with E-state index < -0.39 is 0 Å². The average molecular weight is 391 g/mol. The molecule has 0 aliphatic carbocycles. The van der Waals surface area contributed by atoms with Crippen LogP contribution in [0.25, 0.3) is 10.9 Å². The number of nitrogens with one attached hydrogen (secondary N) is 2. The summed E-state index contributed by atoms with van der Waals surface area (Å²) in [5, 5.41) is 11.9. The summed E-state index contributed by atoms with van der Waals surface area (Å²) in [6.45, 7) is 0.523. The topological polar surface area (TPSA) is 61.0 Å². The molecule has 0 aliphatic rings. The van der Waals surface area contributed by atoms with Crippen LogP contribution in [0.5, 0.6) is 0 Å². The van der Waals surface area contributed by atoms with Crippen LogP contribution in [0.2, 0.25) is 10.0 Å². The Morgan fingerprint density at radius 2 is 2.00 bits per heavy atom. The molecule has 7 heteroatoms. The summed E-state index contributed by atoms with van der Waals surface area (Å²) in [6, 6.07) is 11.3. The minimum Gasteiger partial charge on any atom is -0.350 e. The van der Waals surface area contributed by atoms with Crippen molar-refractivity contribution in [3.05, 3.63) is 63.8 Å². The van der Waals surface area contributed by atoms with Gasteiger partial charge in [0.1, 0.15) is 0 Å². The van der Waals surface area contributed by atoms with E-state index in [1.807, 2.05) is 26.4 Å². The SMILES string of the molecule is CN(C)C(CNC(=O)c1ccc(Cl)c(Cl)c1)Cc1ccc2[nH]ncc2c1. The number of hydrogen-bond acceptors (Lipinski definition) is 3. The maximum absolute atomic E-state index is 12.4. The highest BCUT2D eigenvalue weighted by molar-refractivity contribution is 6.42. The van der Waals surface area contributed by atoms with E-state index in [0.717, 1.165) is 17.3 Å². The van der Waals surface area contributed by atoms with E-state index >= 15 is 0 Å². The number of carbonyl (C=O) groups is 1. The Morgan fingerprint density at radius 3 is 2.73 bits per heavy atom. The van der Waals surface area contributed by atoms with Crippen LogP contribution in [0.1, 0.15) is 15.9 Å². The van der Waals surface area contributed by atoms with Gasteiger partial charge in [-0.05, 0) is 56.4 Å². The Bertz CT molecular complexity index is 923. The summed E-state index contributed by atoms with van der Waals surface area (Å²) >= 11 is 11.9. The molecule has 0 radical (unpaired) electrons. The lowest BCUT2D eigenvalue weighted by Gasteiger charge is -2.25. The lowest BCUT2D eigenvalue weighted by atomic mass is 10.0. The molecular weight excluding hydrogens is 371 g/mol. The van der Waals surface area contributed by atoms with Crippen LogP contribution in [0.15, 0.2) is 42.6 Å². The number of amides is 1. The molecule has 3 aromatic rings. The molecule has 0 aliphatic heterocycles. The van der Waals surface area contributed by atoms with Crippen molar-refractivity contribution in [2.45, 2.75) is 12.5 Å². The van der Waals surface area contributed by atoms with Gasteiger partial charge in [0.05, 0.1) is 21.8 Å². The van der Waals surface area contributed by atoms with Gasteiger partial charge in [-0.3, -0.25) is 9.89 Å². The number of rotatable bonds is 6. The summed E-state index contributed by atoms with van der Waals surface area (Å²) in [5.74, 6) is -0.166. The highest BCUT2D eigenvalue weighted by atomic mass is 35.5. The second-order valence-corrected chi connectivity index (χ2v) is 7.27. The van der Waals surface area contributed by atoms with Gasteiger partial charge in [0.25, 0.3) is 5.91 Å². The molecule has 1 unspecified atom stereocenters. The van der Waals surface area contributed by atoms with Crippen molar-refractivity contribution in [3.63, 3.8) is 0 Å². The third kappa shape index (κ3) is 4.36. The fourth-order valence-corrected chi connectivity index (χ4v) is 3.08. The van der Waals surface area contributed by atoms with E-state index in [-0.39, 0.29) is 11.9 Å². The third-order valence-corrected chi connectivity index (χ3v) is 5.13. The van der Waals surface area contributed by atoms with E-state index in [9.17, 15) is 4.79 Å². The third-order valence-electron chi connectivity index (χ3n) is 4.39. The normalized spacial score (nSPS) is 12.5. The molecule has 0 bridgehead atoms. The molecule has 0 spiro atoms. The Balaban J connectivity index is 1.66. The average Bonchev–Trinajstić information content (AvgIpc) is 3.08. The number of likely N-dealkylation sites (N-methyl/N-ethyl adjacent to an activating group) is 1. The number of benzene rings is 2. The van der Waals surface area contributed by atoms with Crippen molar-refractivity contribution >= 4 is 40.0 Å². The summed E-state index contributed by atoms with van der Waals surface area (Å²) in [4.78, 5) is 14.5. The molecule has 2 N–H and O–H groups in total. The molecular formula is C19H20Cl2N4O. The van der Waals surface area contributed by atoms with Gasteiger partial charge in [-0.2, -0.15) is 5.10 Å². The fraction of sp³-hybridized carbons (Fsp3) is 0.263. The number of nitrogens with zero attached hydrogens (tertiary/aromatic N) is 2. The Morgan fingerprint density at radius 1 is 1.19 bits per heavy atom. The lowest BCUT2D eigenvalue weighted by Crippen LogP contribution is -2.41. The molecule has 1 aromatic heterocycles. The maximum Gasteiger partial charge on any atom is 0.251 e. The predicted molar refractivity (Wildman–Crippen MR) is 106 cm³/mol. The van der Waals surface area contributed by atoms with Gasteiger partial charge in [-0.15, -0.1) is 0 Å². The zero-order chi connectivity index (χ0) is 18.7. The number of aromatic nitrogens is 2. The molecule has 5 nitrogen and oxygen atoms in total. The zero-order valence-corrected chi connectivity index (χ0v) is 16.1. The largest absolute Gasteiger partial charge is 0.350 e. The molecule has 2 aromatic carbocycles. The number of hydrogen-bond donors (Lipinski definition) is 2. The van der Waals surface area contributed by atoms with Crippen molar-refractivity contribution in [2.24, 2.45) is 0 Å². The molecule has 0 fully saturated rings. The number of fused-ring (bicyclic) bond motifs is 1. The van der Waals surface area contributed by atoms with E-state index in [1.165, 1.54) is 5.56 Å². The lowest BCUT2D eigenvalue weighted by molar-refractivity contribution is 0.0941. The van der Waals surface area contributed by atoms with Gasteiger partial charge in [-0.1, -0.05) is 29.3 Å². The van der Waals surface area contributed by atoms with Crippen LogP contribution in [0.3, 0.4) is 0 Å². The van der Waals surface area contributed by atoms with Crippen molar-refractivity contribution < 1.29 is 4.79 Å². The second-order valence-electron chi connectivity index (χ2n) is 6.45. The number of aromatic amines is 1.